The van der Waals surface area contributed by atoms with Gasteiger partial charge in [-0.2, -0.15) is 0 Å². The van der Waals surface area contributed by atoms with Crippen LogP contribution >= 0.6 is 11.6 Å². The number of aromatic nitrogens is 3. The average molecular weight is 438 g/mol. The summed E-state index contributed by atoms with van der Waals surface area (Å²) in [7, 11) is 1.95. The van der Waals surface area contributed by atoms with Gasteiger partial charge in [0.05, 0.1) is 10.4 Å². The van der Waals surface area contributed by atoms with Gasteiger partial charge in [0.1, 0.15) is 5.82 Å². The normalized spacial score (nSPS) is 14.2. The van der Waals surface area contributed by atoms with Crippen molar-refractivity contribution in [2.75, 3.05) is 13.1 Å². The fraction of sp³-hybridized carbons (Fsp3) is 0.304. The quantitative estimate of drug-likeness (QED) is 0.556. The van der Waals surface area contributed by atoms with Crippen molar-refractivity contribution >= 4 is 23.4 Å². The van der Waals surface area contributed by atoms with Gasteiger partial charge >= 0.3 is 0 Å². The lowest BCUT2D eigenvalue weighted by Crippen LogP contribution is -2.33. The van der Waals surface area contributed by atoms with Gasteiger partial charge in [-0.3, -0.25) is 9.59 Å². The third kappa shape index (κ3) is 4.18. The Hall–Kier alpha value is -3.19. The Morgan fingerprint density at radius 3 is 2.42 bits per heavy atom. The molecule has 7 nitrogen and oxygen atoms in total. The fourth-order valence-corrected chi connectivity index (χ4v) is 4.12. The predicted molar refractivity (Wildman–Crippen MR) is 119 cm³/mol. The summed E-state index contributed by atoms with van der Waals surface area (Å²) in [6.07, 6.45) is 2.07. The molecule has 0 spiro atoms. The smallest absolute Gasteiger partial charge is 0.251 e. The summed E-state index contributed by atoms with van der Waals surface area (Å²) in [6, 6.07) is 15.5. The van der Waals surface area contributed by atoms with Gasteiger partial charge in [0.2, 0.25) is 5.91 Å². The van der Waals surface area contributed by atoms with Crippen LogP contribution in [0.2, 0.25) is 5.02 Å². The number of halogens is 1. The van der Waals surface area contributed by atoms with Gasteiger partial charge < -0.3 is 15.2 Å². The van der Waals surface area contributed by atoms with Gasteiger partial charge in [0.15, 0.2) is 5.82 Å². The van der Waals surface area contributed by atoms with Gasteiger partial charge in [-0.05, 0) is 36.6 Å². The molecule has 0 radical (unpaired) electrons. The molecule has 0 bridgehead atoms. The van der Waals surface area contributed by atoms with E-state index in [2.05, 4.69) is 33.0 Å². The number of carbonyl (C=O) groups is 2. The first-order valence-corrected chi connectivity index (χ1v) is 10.6. The summed E-state index contributed by atoms with van der Waals surface area (Å²) >= 11 is 6.52. The van der Waals surface area contributed by atoms with E-state index >= 15 is 0 Å². The molecule has 2 amide bonds. The number of hydrogen-bond donors (Lipinski definition) is 2. The fourth-order valence-electron chi connectivity index (χ4n) is 3.86. The number of nitrogens with one attached hydrogen (secondary N) is 2. The molecule has 160 valence electrons. The van der Waals surface area contributed by atoms with Crippen LogP contribution in [0.15, 0.2) is 48.5 Å². The van der Waals surface area contributed by atoms with E-state index < -0.39 is 0 Å². The van der Waals surface area contributed by atoms with E-state index in [0.717, 1.165) is 24.2 Å². The van der Waals surface area contributed by atoms with Crippen LogP contribution in [0, 0.1) is 0 Å². The van der Waals surface area contributed by atoms with E-state index in [9.17, 15) is 9.59 Å². The van der Waals surface area contributed by atoms with E-state index in [4.69, 9.17) is 11.6 Å². The summed E-state index contributed by atoms with van der Waals surface area (Å²) < 4.78 is 1.99. The Bertz CT molecular complexity index is 1120. The molecule has 2 N–H and O–H groups in total. The van der Waals surface area contributed by atoms with Crippen molar-refractivity contribution in [3.63, 3.8) is 0 Å². The maximum atomic E-state index is 12.3. The second kappa shape index (κ2) is 8.51. The third-order valence-corrected chi connectivity index (χ3v) is 5.95. The molecule has 2 aromatic carbocycles. The SMILES string of the molecule is CC(=O)NCCNC(=O)c1ccc(-c2nnc(C3(c4ccccc4)CC3)n2C)c(Cl)c1. The van der Waals surface area contributed by atoms with Crippen molar-refractivity contribution < 1.29 is 9.59 Å². The van der Waals surface area contributed by atoms with Gasteiger partial charge in [-0.1, -0.05) is 41.9 Å². The van der Waals surface area contributed by atoms with E-state index in [1.54, 1.807) is 18.2 Å². The molecule has 1 saturated carbocycles. The van der Waals surface area contributed by atoms with Crippen LogP contribution in [0.5, 0.6) is 0 Å². The van der Waals surface area contributed by atoms with Crippen molar-refractivity contribution in [2.45, 2.75) is 25.2 Å². The van der Waals surface area contributed by atoms with Crippen molar-refractivity contribution in [3.8, 4) is 11.4 Å². The van der Waals surface area contributed by atoms with Crippen molar-refractivity contribution in [3.05, 3.63) is 70.5 Å². The molecule has 1 fully saturated rings. The molecule has 0 atom stereocenters. The molecule has 4 rings (SSSR count). The molecule has 1 heterocycles. The lowest BCUT2D eigenvalue weighted by atomic mass is 9.95. The second-order valence-corrected chi connectivity index (χ2v) is 8.20. The second-order valence-electron chi connectivity index (χ2n) is 7.79. The third-order valence-electron chi connectivity index (χ3n) is 5.64. The first-order valence-electron chi connectivity index (χ1n) is 10.2. The standard InChI is InChI=1S/C23H24ClN5O2/c1-15(30)25-12-13-26-21(31)16-8-9-18(19(24)14-16)20-27-28-22(29(20)2)23(10-11-23)17-6-4-3-5-7-17/h3-9,14H,10-13H2,1-2H3,(H,25,30)(H,26,31). The number of benzene rings is 2. The molecule has 1 aliphatic carbocycles. The Labute approximate surface area is 185 Å². The zero-order chi connectivity index (χ0) is 22.0. The molecule has 0 unspecified atom stereocenters. The number of carbonyl (C=O) groups excluding carboxylic acids is 2. The zero-order valence-electron chi connectivity index (χ0n) is 17.5. The van der Waals surface area contributed by atoms with Crippen LogP contribution in [0.1, 0.15) is 41.5 Å². The van der Waals surface area contributed by atoms with Crippen LogP contribution in [0.4, 0.5) is 0 Å². The number of rotatable bonds is 7. The van der Waals surface area contributed by atoms with Crippen molar-refractivity contribution in [2.24, 2.45) is 7.05 Å². The minimum absolute atomic E-state index is 0.0958. The highest BCUT2D eigenvalue weighted by Gasteiger charge is 2.49. The van der Waals surface area contributed by atoms with Gasteiger partial charge in [-0.25, -0.2) is 0 Å². The summed E-state index contributed by atoms with van der Waals surface area (Å²) in [5.41, 5.74) is 2.32. The minimum Gasteiger partial charge on any atom is -0.355 e. The van der Waals surface area contributed by atoms with Crippen LogP contribution in [0.25, 0.3) is 11.4 Å². The molecule has 31 heavy (non-hydrogen) atoms. The zero-order valence-corrected chi connectivity index (χ0v) is 18.2. The van der Waals surface area contributed by atoms with E-state index in [1.165, 1.54) is 12.5 Å². The molecule has 8 heteroatoms. The van der Waals surface area contributed by atoms with Crippen LogP contribution < -0.4 is 10.6 Å². The average Bonchev–Trinajstić information content (AvgIpc) is 3.48. The van der Waals surface area contributed by atoms with Gasteiger partial charge in [0.25, 0.3) is 5.91 Å². The number of hydrogen-bond acceptors (Lipinski definition) is 4. The Balaban J connectivity index is 1.53. The van der Waals surface area contributed by atoms with E-state index in [1.807, 2.05) is 29.8 Å². The van der Waals surface area contributed by atoms with Crippen LogP contribution in [-0.4, -0.2) is 39.7 Å². The molecule has 3 aromatic rings. The molecule has 0 aliphatic heterocycles. The maximum Gasteiger partial charge on any atom is 0.251 e. The molecule has 1 aliphatic rings. The molecule has 1 aromatic heterocycles. The van der Waals surface area contributed by atoms with Gasteiger partial charge in [-0.15, -0.1) is 10.2 Å². The maximum absolute atomic E-state index is 12.3. The van der Waals surface area contributed by atoms with Crippen molar-refractivity contribution in [1.29, 1.82) is 0 Å². The topological polar surface area (TPSA) is 88.9 Å². The Morgan fingerprint density at radius 2 is 1.77 bits per heavy atom. The highest BCUT2D eigenvalue weighted by atomic mass is 35.5. The monoisotopic (exact) mass is 437 g/mol. The molecule has 0 saturated heterocycles. The first-order chi connectivity index (χ1) is 14.9. The van der Waals surface area contributed by atoms with Crippen LogP contribution in [0.3, 0.4) is 0 Å². The highest BCUT2D eigenvalue weighted by molar-refractivity contribution is 6.33. The van der Waals surface area contributed by atoms with E-state index in [-0.39, 0.29) is 17.2 Å². The predicted octanol–water partition coefficient (Wildman–Crippen LogP) is 3.08. The number of amides is 2. The van der Waals surface area contributed by atoms with Crippen LogP contribution in [-0.2, 0) is 17.3 Å². The first kappa shape index (κ1) is 21.1. The van der Waals surface area contributed by atoms with Crippen molar-refractivity contribution in [1.82, 2.24) is 25.4 Å². The highest BCUT2D eigenvalue weighted by Crippen LogP contribution is 2.53. The molecular weight excluding hydrogens is 414 g/mol. The lowest BCUT2D eigenvalue weighted by Gasteiger charge is -2.15. The summed E-state index contributed by atoms with van der Waals surface area (Å²) in [4.78, 5) is 23.2. The summed E-state index contributed by atoms with van der Waals surface area (Å²) in [5, 5.41) is 14.7. The summed E-state index contributed by atoms with van der Waals surface area (Å²) in [6.45, 7) is 2.15. The van der Waals surface area contributed by atoms with Gasteiger partial charge in [0, 0.05) is 38.2 Å². The minimum atomic E-state index is -0.251. The van der Waals surface area contributed by atoms with E-state index in [0.29, 0.717) is 29.5 Å². The Kier molecular flexibility index (Phi) is 5.78. The number of nitrogens with zero attached hydrogens (tertiary/aromatic N) is 3. The molecular formula is C23H24ClN5O2. The largest absolute Gasteiger partial charge is 0.355 e. The Morgan fingerprint density at radius 1 is 1.06 bits per heavy atom. The summed E-state index contributed by atoms with van der Waals surface area (Å²) in [5.74, 6) is 1.20. The lowest BCUT2D eigenvalue weighted by molar-refractivity contribution is -0.118.